The monoisotopic (exact) mass is 318 g/mol. The SMILES string of the molecule is O=C(O)[C@@H]1CCCN1C(=O)CCN1C(=O)COc2ccccc21. The van der Waals surface area contributed by atoms with Crippen molar-refractivity contribution >= 4 is 23.5 Å². The van der Waals surface area contributed by atoms with Crippen LogP contribution in [0.15, 0.2) is 24.3 Å². The number of fused-ring (bicyclic) bond motifs is 1. The van der Waals surface area contributed by atoms with Gasteiger partial charge in [0.1, 0.15) is 11.8 Å². The Morgan fingerprint density at radius 1 is 1.30 bits per heavy atom. The number of benzene rings is 1. The zero-order chi connectivity index (χ0) is 16.4. The number of likely N-dealkylation sites (tertiary alicyclic amines) is 1. The highest BCUT2D eigenvalue weighted by Crippen LogP contribution is 2.31. The van der Waals surface area contributed by atoms with Crippen molar-refractivity contribution in [2.24, 2.45) is 0 Å². The van der Waals surface area contributed by atoms with Crippen LogP contribution in [-0.2, 0) is 14.4 Å². The lowest BCUT2D eigenvalue weighted by atomic mass is 10.2. The highest BCUT2D eigenvalue weighted by atomic mass is 16.5. The summed E-state index contributed by atoms with van der Waals surface area (Å²) in [5, 5.41) is 9.15. The molecule has 1 atom stereocenters. The molecule has 0 spiro atoms. The fourth-order valence-corrected chi connectivity index (χ4v) is 3.07. The summed E-state index contributed by atoms with van der Waals surface area (Å²) in [4.78, 5) is 38.5. The number of rotatable bonds is 4. The molecule has 2 aliphatic rings. The first kappa shape index (κ1) is 15.3. The molecule has 1 aromatic rings. The average Bonchev–Trinajstić information content (AvgIpc) is 3.03. The Kier molecular flexibility index (Phi) is 4.18. The van der Waals surface area contributed by atoms with E-state index in [0.29, 0.717) is 30.8 Å². The first-order valence-corrected chi connectivity index (χ1v) is 7.62. The normalized spacial score (nSPS) is 20.2. The minimum Gasteiger partial charge on any atom is -0.482 e. The van der Waals surface area contributed by atoms with E-state index in [1.54, 1.807) is 18.2 Å². The van der Waals surface area contributed by atoms with E-state index < -0.39 is 12.0 Å². The smallest absolute Gasteiger partial charge is 0.326 e. The number of anilines is 1. The zero-order valence-electron chi connectivity index (χ0n) is 12.6. The van der Waals surface area contributed by atoms with E-state index in [2.05, 4.69) is 0 Å². The van der Waals surface area contributed by atoms with Gasteiger partial charge in [-0.2, -0.15) is 0 Å². The molecule has 2 heterocycles. The van der Waals surface area contributed by atoms with Gasteiger partial charge in [-0.3, -0.25) is 9.59 Å². The molecule has 0 unspecified atom stereocenters. The first-order chi connectivity index (χ1) is 11.1. The van der Waals surface area contributed by atoms with Crippen LogP contribution in [0.5, 0.6) is 5.75 Å². The standard InChI is InChI=1S/C16H18N2O5/c19-14(17-8-3-5-12(17)16(21)22)7-9-18-11-4-1-2-6-13(11)23-10-15(18)20/h1-2,4,6,12H,3,5,7-10H2,(H,21,22)/t12-/m0/s1. The predicted octanol–water partition coefficient (Wildman–Crippen LogP) is 0.878. The molecule has 0 bridgehead atoms. The van der Waals surface area contributed by atoms with E-state index >= 15 is 0 Å². The highest BCUT2D eigenvalue weighted by molar-refractivity contribution is 5.98. The molecule has 7 heteroatoms. The fourth-order valence-electron chi connectivity index (χ4n) is 3.07. The Bertz CT molecular complexity index is 645. The number of nitrogens with zero attached hydrogens (tertiary/aromatic N) is 2. The molecule has 0 saturated carbocycles. The lowest BCUT2D eigenvalue weighted by Gasteiger charge is -2.30. The number of ether oxygens (including phenoxy) is 1. The Morgan fingerprint density at radius 3 is 2.87 bits per heavy atom. The van der Waals surface area contributed by atoms with Crippen LogP contribution in [0.2, 0.25) is 0 Å². The Morgan fingerprint density at radius 2 is 2.09 bits per heavy atom. The number of aliphatic carboxylic acids is 1. The predicted molar refractivity (Wildman–Crippen MR) is 81.3 cm³/mol. The molecule has 0 aromatic heterocycles. The summed E-state index contributed by atoms with van der Waals surface area (Å²) in [6, 6.07) is 6.43. The van der Waals surface area contributed by atoms with E-state index in [1.807, 2.05) is 6.07 Å². The van der Waals surface area contributed by atoms with Gasteiger partial charge in [0.25, 0.3) is 5.91 Å². The van der Waals surface area contributed by atoms with Crippen LogP contribution in [0.25, 0.3) is 0 Å². The molecule has 0 aliphatic carbocycles. The van der Waals surface area contributed by atoms with E-state index in [1.165, 1.54) is 9.80 Å². The van der Waals surface area contributed by atoms with Crippen LogP contribution in [0.3, 0.4) is 0 Å². The molecule has 23 heavy (non-hydrogen) atoms. The molecule has 2 aliphatic heterocycles. The molecule has 3 rings (SSSR count). The highest BCUT2D eigenvalue weighted by Gasteiger charge is 2.34. The first-order valence-electron chi connectivity index (χ1n) is 7.62. The molecule has 0 radical (unpaired) electrons. The van der Waals surface area contributed by atoms with E-state index in [9.17, 15) is 14.4 Å². The van der Waals surface area contributed by atoms with Gasteiger partial charge < -0.3 is 19.6 Å². The summed E-state index contributed by atoms with van der Waals surface area (Å²) < 4.78 is 5.36. The summed E-state index contributed by atoms with van der Waals surface area (Å²) in [7, 11) is 0. The fraction of sp³-hybridized carbons (Fsp3) is 0.438. The van der Waals surface area contributed by atoms with Crippen molar-refractivity contribution < 1.29 is 24.2 Å². The molecular formula is C16H18N2O5. The molecule has 7 nitrogen and oxygen atoms in total. The summed E-state index contributed by atoms with van der Waals surface area (Å²) >= 11 is 0. The minimum atomic E-state index is -0.969. The van der Waals surface area contributed by atoms with Crippen LogP contribution in [0, 0.1) is 0 Å². The van der Waals surface area contributed by atoms with Gasteiger partial charge in [0, 0.05) is 19.5 Å². The number of carboxylic acids is 1. The van der Waals surface area contributed by atoms with Crippen molar-refractivity contribution in [3.8, 4) is 5.75 Å². The van der Waals surface area contributed by atoms with Gasteiger partial charge in [-0.15, -0.1) is 0 Å². The number of carbonyl (C=O) groups excluding carboxylic acids is 2. The third-order valence-electron chi connectivity index (χ3n) is 4.22. The van der Waals surface area contributed by atoms with Gasteiger partial charge in [-0.25, -0.2) is 4.79 Å². The van der Waals surface area contributed by atoms with Crippen LogP contribution in [0.4, 0.5) is 5.69 Å². The second-order valence-electron chi connectivity index (χ2n) is 5.64. The van der Waals surface area contributed by atoms with Crippen molar-refractivity contribution in [3.63, 3.8) is 0 Å². The number of hydrogen-bond donors (Lipinski definition) is 1. The maximum atomic E-state index is 12.3. The minimum absolute atomic E-state index is 0.0489. The van der Waals surface area contributed by atoms with Crippen LogP contribution >= 0.6 is 0 Å². The van der Waals surface area contributed by atoms with Crippen LogP contribution in [0.1, 0.15) is 19.3 Å². The largest absolute Gasteiger partial charge is 0.482 e. The summed E-state index contributed by atoms with van der Waals surface area (Å²) in [6.07, 6.45) is 1.28. The molecule has 1 N–H and O–H groups in total. The summed E-state index contributed by atoms with van der Waals surface area (Å²) in [5.74, 6) is -0.785. The molecule has 1 aromatic carbocycles. The van der Waals surface area contributed by atoms with Crippen LogP contribution < -0.4 is 9.64 Å². The lowest BCUT2D eigenvalue weighted by molar-refractivity contribution is -0.148. The topological polar surface area (TPSA) is 87.2 Å². The average molecular weight is 318 g/mol. The van der Waals surface area contributed by atoms with Gasteiger partial charge in [0.2, 0.25) is 5.91 Å². The van der Waals surface area contributed by atoms with Gasteiger partial charge in [-0.05, 0) is 25.0 Å². The number of carbonyl (C=O) groups is 3. The van der Waals surface area contributed by atoms with Crippen molar-refractivity contribution in [3.05, 3.63) is 24.3 Å². The molecule has 2 amide bonds. The van der Waals surface area contributed by atoms with Crippen LogP contribution in [-0.4, -0.2) is 53.5 Å². The quantitative estimate of drug-likeness (QED) is 0.890. The van der Waals surface area contributed by atoms with Crippen molar-refractivity contribution in [2.75, 3.05) is 24.6 Å². The maximum Gasteiger partial charge on any atom is 0.326 e. The van der Waals surface area contributed by atoms with Crippen molar-refractivity contribution in [1.29, 1.82) is 0 Å². The number of para-hydroxylation sites is 2. The lowest BCUT2D eigenvalue weighted by Crippen LogP contribution is -2.44. The van der Waals surface area contributed by atoms with E-state index in [0.717, 1.165) is 0 Å². The van der Waals surface area contributed by atoms with Gasteiger partial charge in [-0.1, -0.05) is 12.1 Å². The maximum absolute atomic E-state index is 12.3. The Labute approximate surface area is 133 Å². The molecular weight excluding hydrogens is 300 g/mol. The Hall–Kier alpha value is -2.57. The van der Waals surface area contributed by atoms with Crippen molar-refractivity contribution in [2.45, 2.75) is 25.3 Å². The summed E-state index contributed by atoms with van der Waals surface area (Å²) in [6.45, 7) is 0.636. The number of hydrogen-bond acceptors (Lipinski definition) is 4. The van der Waals surface area contributed by atoms with E-state index in [4.69, 9.17) is 9.84 Å². The van der Waals surface area contributed by atoms with E-state index in [-0.39, 0.29) is 31.4 Å². The third kappa shape index (κ3) is 2.99. The van der Waals surface area contributed by atoms with Gasteiger partial charge >= 0.3 is 5.97 Å². The molecule has 1 fully saturated rings. The second-order valence-corrected chi connectivity index (χ2v) is 5.64. The number of amides is 2. The summed E-state index contributed by atoms with van der Waals surface area (Å²) in [5.41, 5.74) is 0.646. The third-order valence-corrected chi connectivity index (χ3v) is 4.22. The Balaban J connectivity index is 1.67. The zero-order valence-corrected chi connectivity index (χ0v) is 12.6. The molecule has 122 valence electrons. The van der Waals surface area contributed by atoms with Gasteiger partial charge in [0.15, 0.2) is 6.61 Å². The van der Waals surface area contributed by atoms with Gasteiger partial charge in [0.05, 0.1) is 5.69 Å². The molecule has 1 saturated heterocycles. The van der Waals surface area contributed by atoms with Crippen molar-refractivity contribution in [1.82, 2.24) is 4.90 Å². The second kappa shape index (κ2) is 6.28. The number of carboxylic acid groups (broad SMARTS) is 1.